The molecule has 0 aromatic rings. The highest BCUT2D eigenvalue weighted by Gasteiger charge is 2.34. The van der Waals surface area contributed by atoms with Gasteiger partial charge in [0.25, 0.3) is 0 Å². The minimum Gasteiger partial charge on any atom is -0.467 e. The van der Waals surface area contributed by atoms with E-state index in [2.05, 4.69) is 4.74 Å². The third-order valence-corrected chi connectivity index (χ3v) is 1.94. The van der Waals surface area contributed by atoms with Crippen molar-refractivity contribution in [1.29, 1.82) is 0 Å². The quantitative estimate of drug-likeness (QED) is 0.488. The summed E-state index contributed by atoms with van der Waals surface area (Å²) in [6, 6.07) is 0. The summed E-state index contributed by atoms with van der Waals surface area (Å²) >= 11 is 0. The second-order valence-electron chi connectivity index (χ2n) is 2.73. The first-order chi connectivity index (χ1) is 5.66. The van der Waals surface area contributed by atoms with Crippen LogP contribution in [0, 0.1) is 5.92 Å². The Labute approximate surface area is 69.8 Å². The second-order valence-corrected chi connectivity index (χ2v) is 2.73. The largest absolute Gasteiger partial charge is 0.467 e. The summed E-state index contributed by atoms with van der Waals surface area (Å²) in [5.74, 6) is -1.66. The van der Waals surface area contributed by atoms with Crippen LogP contribution in [0.4, 0.5) is 4.39 Å². The first-order valence-electron chi connectivity index (χ1n) is 3.73. The number of esters is 1. The second kappa shape index (κ2) is 3.67. The Bertz CT molecular complexity index is 202. The molecule has 0 radical (unpaired) electrons. The summed E-state index contributed by atoms with van der Waals surface area (Å²) < 4.78 is 17.3. The van der Waals surface area contributed by atoms with Crippen molar-refractivity contribution in [1.82, 2.24) is 0 Å². The topological polar surface area (TPSA) is 46.5 Å². The summed E-state index contributed by atoms with van der Waals surface area (Å²) in [5.41, 5.74) is 0. The first-order valence-corrected chi connectivity index (χ1v) is 3.73. The Morgan fingerprint density at radius 3 is 2.92 bits per heavy atom. The lowest BCUT2D eigenvalue weighted by Gasteiger charge is -2.15. The zero-order chi connectivity index (χ0) is 9.14. The molecule has 3 nitrogen and oxygen atoms in total. The smallest absolute Gasteiger partial charge is 0.341 e. The van der Waals surface area contributed by atoms with Crippen molar-refractivity contribution in [2.75, 3.05) is 7.11 Å². The van der Waals surface area contributed by atoms with Gasteiger partial charge in [0, 0.05) is 5.92 Å². The SMILES string of the molecule is COC(=O)[C@H](F)[C@@H]1C=CC[C@H]1O. The molecule has 0 saturated carbocycles. The van der Waals surface area contributed by atoms with Crippen LogP contribution in [0.5, 0.6) is 0 Å². The number of carbonyl (C=O) groups excluding carboxylic acids is 1. The molecule has 0 saturated heterocycles. The minimum absolute atomic E-state index is 0.405. The first kappa shape index (κ1) is 9.19. The van der Waals surface area contributed by atoms with Gasteiger partial charge in [-0.05, 0) is 6.42 Å². The lowest BCUT2D eigenvalue weighted by atomic mass is 10.0. The molecule has 4 heteroatoms. The Morgan fingerprint density at radius 1 is 1.83 bits per heavy atom. The Morgan fingerprint density at radius 2 is 2.50 bits per heavy atom. The van der Waals surface area contributed by atoms with E-state index in [9.17, 15) is 14.3 Å². The summed E-state index contributed by atoms with van der Waals surface area (Å²) in [7, 11) is 1.12. The Kier molecular flexibility index (Phi) is 2.81. The molecule has 3 atom stereocenters. The Hall–Kier alpha value is -0.900. The third kappa shape index (κ3) is 1.64. The van der Waals surface area contributed by atoms with Crippen LogP contribution in [0.3, 0.4) is 0 Å². The standard InChI is InChI=1S/C8H11FO3/c1-12-8(11)7(9)5-3-2-4-6(5)10/h2-3,5-7,10H,4H2,1H3/t5-,6-,7-/m1/s1. The summed E-state index contributed by atoms with van der Waals surface area (Å²) in [6.45, 7) is 0. The molecule has 0 fully saturated rings. The van der Waals surface area contributed by atoms with Crippen molar-refractivity contribution in [2.45, 2.75) is 18.7 Å². The van der Waals surface area contributed by atoms with Gasteiger partial charge in [0.15, 0.2) is 0 Å². The molecule has 0 spiro atoms. The number of aliphatic hydroxyl groups excluding tert-OH is 1. The molecule has 12 heavy (non-hydrogen) atoms. The fourth-order valence-corrected chi connectivity index (χ4v) is 1.22. The fraction of sp³-hybridized carbons (Fsp3) is 0.625. The number of ether oxygens (including phenoxy) is 1. The predicted molar refractivity (Wildman–Crippen MR) is 40.2 cm³/mol. The van der Waals surface area contributed by atoms with Gasteiger partial charge in [0.05, 0.1) is 13.2 Å². The highest BCUT2D eigenvalue weighted by atomic mass is 19.1. The van der Waals surface area contributed by atoms with Gasteiger partial charge >= 0.3 is 5.97 Å². The fourth-order valence-electron chi connectivity index (χ4n) is 1.22. The van der Waals surface area contributed by atoms with Crippen LogP contribution < -0.4 is 0 Å². The minimum atomic E-state index is -1.75. The maximum atomic E-state index is 13.1. The van der Waals surface area contributed by atoms with Gasteiger partial charge in [0.1, 0.15) is 0 Å². The van der Waals surface area contributed by atoms with E-state index in [1.807, 2.05) is 0 Å². The molecule has 0 heterocycles. The number of carbonyl (C=O) groups is 1. The number of hydrogen-bond acceptors (Lipinski definition) is 3. The van der Waals surface area contributed by atoms with Crippen molar-refractivity contribution < 1.29 is 19.0 Å². The zero-order valence-electron chi connectivity index (χ0n) is 6.74. The van der Waals surface area contributed by atoms with E-state index in [0.717, 1.165) is 7.11 Å². The third-order valence-electron chi connectivity index (χ3n) is 1.94. The highest BCUT2D eigenvalue weighted by Crippen LogP contribution is 2.24. The molecule has 0 unspecified atom stereocenters. The van der Waals surface area contributed by atoms with Gasteiger partial charge in [-0.3, -0.25) is 0 Å². The number of alkyl halides is 1. The molecule has 1 N–H and O–H groups in total. The molecular weight excluding hydrogens is 163 g/mol. The van der Waals surface area contributed by atoms with Crippen LogP contribution in [0.2, 0.25) is 0 Å². The average Bonchev–Trinajstić information content (AvgIpc) is 2.48. The normalized spacial score (nSPS) is 30.2. The van der Waals surface area contributed by atoms with Gasteiger partial charge in [-0.15, -0.1) is 0 Å². The molecule has 68 valence electrons. The number of halogens is 1. The van der Waals surface area contributed by atoms with E-state index >= 15 is 0 Å². The summed E-state index contributed by atoms with van der Waals surface area (Å²) in [5, 5.41) is 9.19. The monoisotopic (exact) mass is 174 g/mol. The molecule has 0 aliphatic heterocycles. The zero-order valence-corrected chi connectivity index (χ0v) is 6.74. The molecule has 0 bridgehead atoms. The molecule has 0 aromatic carbocycles. The lowest BCUT2D eigenvalue weighted by Crippen LogP contribution is -2.31. The van der Waals surface area contributed by atoms with E-state index in [4.69, 9.17) is 0 Å². The van der Waals surface area contributed by atoms with Crippen LogP contribution in [0.25, 0.3) is 0 Å². The van der Waals surface area contributed by atoms with Gasteiger partial charge in [-0.1, -0.05) is 12.2 Å². The van der Waals surface area contributed by atoms with Crippen molar-refractivity contribution in [3.05, 3.63) is 12.2 Å². The van der Waals surface area contributed by atoms with Crippen molar-refractivity contribution >= 4 is 5.97 Å². The molecule has 1 aliphatic carbocycles. The van der Waals surface area contributed by atoms with E-state index in [1.54, 1.807) is 6.08 Å². The van der Waals surface area contributed by atoms with Gasteiger partial charge < -0.3 is 9.84 Å². The number of rotatable bonds is 2. The lowest BCUT2D eigenvalue weighted by molar-refractivity contribution is -0.149. The number of aliphatic hydroxyl groups is 1. The van der Waals surface area contributed by atoms with E-state index in [1.165, 1.54) is 6.08 Å². The van der Waals surface area contributed by atoms with Crippen molar-refractivity contribution in [2.24, 2.45) is 5.92 Å². The molecular formula is C8H11FO3. The van der Waals surface area contributed by atoms with Crippen LogP contribution in [0.15, 0.2) is 12.2 Å². The molecule has 0 amide bonds. The molecule has 1 aliphatic rings. The van der Waals surface area contributed by atoms with E-state index < -0.39 is 24.2 Å². The van der Waals surface area contributed by atoms with Gasteiger partial charge in [-0.25, -0.2) is 9.18 Å². The number of methoxy groups -OCH3 is 1. The summed E-state index contributed by atoms with van der Waals surface area (Å²) in [6.07, 6.45) is 1.03. The molecule has 1 rings (SSSR count). The van der Waals surface area contributed by atoms with Gasteiger partial charge in [-0.2, -0.15) is 0 Å². The van der Waals surface area contributed by atoms with Crippen molar-refractivity contribution in [3.63, 3.8) is 0 Å². The van der Waals surface area contributed by atoms with Gasteiger partial charge in [0.2, 0.25) is 6.17 Å². The Balaban J connectivity index is 2.57. The van der Waals surface area contributed by atoms with Crippen molar-refractivity contribution in [3.8, 4) is 0 Å². The van der Waals surface area contributed by atoms with Crippen LogP contribution >= 0.6 is 0 Å². The maximum Gasteiger partial charge on any atom is 0.341 e. The predicted octanol–water partition coefficient (Wildman–Crippen LogP) is 0.434. The highest BCUT2D eigenvalue weighted by molar-refractivity contribution is 5.75. The molecule has 0 aromatic heterocycles. The summed E-state index contributed by atoms with van der Waals surface area (Å²) in [4.78, 5) is 10.7. The average molecular weight is 174 g/mol. The van der Waals surface area contributed by atoms with Crippen LogP contribution in [-0.2, 0) is 9.53 Å². The van der Waals surface area contributed by atoms with E-state index in [0.29, 0.717) is 6.42 Å². The van der Waals surface area contributed by atoms with Crippen LogP contribution in [0.1, 0.15) is 6.42 Å². The van der Waals surface area contributed by atoms with E-state index in [-0.39, 0.29) is 0 Å². The number of hydrogen-bond donors (Lipinski definition) is 1. The maximum absolute atomic E-state index is 13.1. The van der Waals surface area contributed by atoms with Crippen LogP contribution in [-0.4, -0.2) is 30.5 Å².